The van der Waals surface area contributed by atoms with E-state index in [-0.39, 0.29) is 5.82 Å². The molecule has 0 aliphatic heterocycles. The number of nitrogens with zero attached hydrogens (tertiary/aromatic N) is 2. The van der Waals surface area contributed by atoms with E-state index < -0.39 is 11.7 Å². The minimum absolute atomic E-state index is 0.259. The Kier molecular flexibility index (Phi) is 4.63. The number of hydrogen-bond acceptors (Lipinski definition) is 1. The van der Waals surface area contributed by atoms with E-state index in [1.54, 1.807) is 22.8 Å². The fourth-order valence-electron chi connectivity index (χ4n) is 3.18. The predicted octanol–water partition coefficient (Wildman–Crippen LogP) is 5.94. The molecule has 2 aromatic carbocycles. The molecule has 142 valence electrons. The van der Waals surface area contributed by atoms with E-state index in [0.29, 0.717) is 5.56 Å². The molecule has 6 heteroatoms. The molecule has 4 aromatic rings. The molecule has 0 bridgehead atoms. The highest BCUT2D eigenvalue weighted by molar-refractivity contribution is 5.80. The van der Waals surface area contributed by atoms with Gasteiger partial charge < -0.3 is 0 Å². The van der Waals surface area contributed by atoms with Gasteiger partial charge in [-0.15, -0.1) is 0 Å². The van der Waals surface area contributed by atoms with Crippen LogP contribution in [0.1, 0.15) is 16.7 Å². The van der Waals surface area contributed by atoms with E-state index >= 15 is 0 Å². The zero-order valence-electron chi connectivity index (χ0n) is 14.7. The highest BCUT2D eigenvalue weighted by Crippen LogP contribution is 2.32. The van der Waals surface area contributed by atoms with Crippen molar-refractivity contribution in [3.05, 3.63) is 95.6 Å². The monoisotopic (exact) mass is 384 g/mol. The summed E-state index contributed by atoms with van der Waals surface area (Å²) < 4.78 is 53.0. The SMILES string of the molecule is Fc1ccc(CCc2ccn3ncc(-c4ccc(C(F)(F)F)cc4)c3c2)cc1. The van der Waals surface area contributed by atoms with Crippen LogP contribution in [0.25, 0.3) is 16.6 Å². The molecule has 4 rings (SSSR count). The lowest BCUT2D eigenvalue weighted by molar-refractivity contribution is -0.137. The summed E-state index contributed by atoms with van der Waals surface area (Å²) in [5, 5.41) is 4.29. The van der Waals surface area contributed by atoms with Gasteiger partial charge in [0.25, 0.3) is 0 Å². The summed E-state index contributed by atoms with van der Waals surface area (Å²) in [6, 6.07) is 15.4. The Morgan fingerprint density at radius 2 is 1.50 bits per heavy atom. The van der Waals surface area contributed by atoms with E-state index in [9.17, 15) is 17.6 Å². The number of alkyl halides is 3. The number of rotatable bonds is 4. The smallest absolute Gasteiger partial charge is 0.240 e. The third kappa shape index (κ3) is 3.76. The molecule has 0 saturated heterocycles. The Labute approximate surface area is 159 Å². The second-order valence-corrected chi connectivity index (χ2v) is 6.62. The minimum Gasteiger partial charge on any atom is -0.240 e. The standard InChI is InChI=1S/C22H16F4N2/c23-19-9-3-15(4-10-19)1-2-16-11-12-28-21(13-16)20(14-27-28)17-5-7-18(8-6-17)22(24,25)26/h3-14H,1-2H2. The summed E-state index contributed by atoms with van der Waals surface area (Å²) in [5.74, 6) is -0.259. The molecule has 0 radical (unpaired) electrons. The molecule has 0 fully saturated rings. The first-order valence-electron chi connectivity index (χ1n) is 8.78. The minimum atomic E-state index is -4.35. The van der Waals surface area contributed by atoms with Gasteiger partial charge in [-0.3, -0.25) is 0 Å². The zero-order valence-corrected chi connectivity index (χ0v) is 14.7. The van der Waals surface area contributed by atoms with Gasteiger partial charge in [0.05, 0.1) is 17.3 Å². The first kappa shape index (κ1) is 18.2. The van der Waals surface area contributed by atoms with Gasteiger partial charge in [-0.1, -0.05) is 24.3 Å². The van der Waals surface area contributed by atoms with Crippen LogP contribution in [0.5, 0.6) is 0 Å². The van der Waals surface area contributed by atoms with E-state index in [1.807, 2.05) is 18.3 Å². The number of fused-ring (bicyclic) bond motifs is 1. The van der Waals surface area contributed by atoms with Crippen molar-refractivity contribution in [2.24, 2.45) is 0 Å². The Balaban J connectivity index is 1.60. The van der Waals surface area contributed by atoms with Crippen LogP contribution < -0.4 is 0 Å². The summed E-state index contributed by atoms with van der Waals surface area (Å²) in [6.07, 6.45) is 0.664. The van der Waals surface area contributed by atoms with Gasteiger partial charge in [-0.25, -0.2) is 8.91 Å². The molecular weight excluding hydrogens is 368 g/mol. The lowest BCUT2D eigenvalue weighted by atomic mass is 10.0. The van der Waals surface area contributed by atoms with Crippen LogP contribution in [0.2, 0.25) is 0 Å². The van der Waals surface area contributed by atoms with Crippen molar-refractivity contribution in [1.29, 1.82) is 0 Å². The second-order valence-electron chi connectivity index (χ2n) is 6.62. The number of hydrogen-bond donors (Lipinski definition) is 0. The summed E-state index contributed by atoms with van der Waals surface area (Å²) in [4.78, 5) is 0. The summed E-state index contributed by atoms with van der Waals surface area (Å²) >= 11 is 0. The van der Waals surface area contributed by atoms with Crippen molar-refractivity contribution in [2.45, 2.75) is 19.0 Å². The van der Waals surface area contributed by atoms with Crippen molar-refractivity contribution in [2.75, 3.05) is 0 Å². The van der Waals surface area contributed by atoms with Crippen LogP contribution in [0.4, 0.5) is 17.6 Å². The maximum absolute atomic E-state index is 13.0. The van der Waals surface area contributed by atoms with Gasteiger partial charge in [0.2, 0.25) is 0 Å². The Bertz CT molecular complexity index is 1090. The molecule has 0 amide bonds. The zero-order chi connectivity index (χ0) is 19.7. The highest BCUT2D eigenvalue weighted by Gasteiger charge is 2.30. The molecule has 2 heterocycles. The second kappa shape index (κ2) is 7.11. The van der Waals surface area contributed by atoms with Crippen LogP contribution in [0.3, 0.4) is 0 Å². The third-order valence-electron chi connectivity index (χ3n) is 4.72. The van der Waals surface area contributed by atoms with Gasteiger partial charge in [-0.05, 0) is 65.9 Å². The molecule has 0 N–H and O–H groups in total. The van der Waals surface area contributed by atoms with Gasteiger partial charge >= 0.3 is 6.18 Å². The van der Waals surface area contributed by atoms with Gasteiger partial charge in [0.15, 0.2) is 0 Å². The van der Waals surface area contributed by atoms with Crippen LogP contribution >= 0.6 is 0 Å². The van der Waals surface area contributed by atoms with Crippen LogP contribution in [-0.4, -0.2) is 9.61 Å². The Hall–Kier alpha value is -3.15. The number of benzene rings is 2. The molecule has 0 atom stereocenters. The van der Waals surface area contributed by atoms with Crippen LogP contribution in [0, 0.1) is 5.82 Å². The van der Waals surface area contributed by atoms with E-state index in [1.165, 1.54) is 24.3 Å². The largest absolute Gasteiger partial charge is 0.416 e. The van der Waals surface area contributed by atoms with Crippen LogP contribution in [0.15, 0.2) is 73.1 Å². The van der Waals surface area contributed by atoms with E-state index in [4.69, 9.17) is 0 Å². The number of pyridine rings is 1. The van der Waals surface area contributed by atoms with Crippen molar-refractivity contribution in [1.82, 2.24) is 9.61 Å². The lowest BCUT2D eigenvalue weighted by Crippen LogP contribution is -2.03. The molecule has 28 heavy (non-hydrogen) atoms. The van der Waals surface area contributed by atoms with Crippen molar-refractivity contribution in [3.63, 3.8) is 0 Å². The Morgan fingerprint density at radius 1 is 0.821 bits per heavy atom. The summed E-state index contributed by atoms with van der Waals surface area (Å²) in [6.45, 7) is 0. The predicted molar refractivity (Wildman–Crippen MR) is 99.4 cm³/mol. The fraction of sp³-hybridized carbons (Fsp3) is 0.136. The number of halogens is 4. The average Bonchev–Trinajstić information content (AvgIpc) is 3.10. The molecule has 0 spiro atoms. The quantitative estimate of drug-likeness (QED) is 0.398. The van der Waals surface area contributed by atoms with E-state index in [0.717, 1.165) is 47.2 Å². The maximum atomic E-state index is 13.0. The summed E-state index contributed by atoms with van der Waals surface area (Å²) in [7, 11) is 0. The fourth-order valence-corrected chi connectivity index (χ4v) is 3.18. The molecule has 2 aromatic heterocycles. The van der Waals surface area contributed by atoms with Crippen molar-refractivity contribution in [3.8, 4) is 11.1 Å². The first-order chi connectivity index (χ1) is 13.4. The normalized spacial score (nSPS) is 11.9. The van der Waals surface area contributed by atoms with Crippen molar-refractivity contribution >= 4 is 5.52 Å². The Morgan fingerprint density at radius 3 is 2.18 bits per heavy atom. The van der Waals surface area contributed by atoms with Crippen molar-refractivity contribution < 1.29 is 17.6 Å². The van der Waals surface area contributed by atoms with Gasteiger partial charge in [0, 0.05) is 11.8 Å². The molecule has 2 nitrogen and oxygen atoms in total. The molecular formula is C22H16F4N2. The maximum Gasteiger partial charge on any atom is 0.416 e. The highest BCUT2D eigenvalue weighted by atomic mass is 19.4. The van der Waals surface area contributed by atoms with Gasteiger partial charge in [0.1, 0.15) is 5.82 Å². The van der Waals surface area contributed by atoms with Gasteiger partial charge in [-0.2, -0.15) is 18.3 Å². The third-order valence-corrected chi connectivity index (χ3v) is 4.72. The molecule has 0 aliphatic rings. The number of aryl methyl sites for hydroxylation is 2. The topological polar surface area (TPSA) is 17.3 Å². The molecule has 0 aliphatic carbocycles. The molecule has 0 unspecified atom stereocenters. The average molecular weight is 384 g/mol. The number of aromatic nitrogens is 2. The molecule has 0 saturated carbocycles. The lowest BCUT2D eigenvalue weighted by Gasteiger charge is -2.08. The summed E-state index contributed by atoms with van der Waals surface area (Å²) in [5.41, 5.74) is 3.73. The van der Waals surface area contributed by atoms with Crippen LogP contribution in [-0.2, 0) is 19.0 Å². The first-order valence-corrected chi connectivity index (χ1v) is 8.78. The van der Waals surface area contributed by atoms with E-state index in [2.05, 4.69) is 5.10 Å².